The lowest BCUT2D eigenvalue weighted by atomic mass is 10.0. The second kappa shape index (κ2) is 7.24. The molecule has 0 unspecified atom stereocenters. The van der Waals surface area contributed by atoms with Crippen LogP contribution in [0.2, 0.25) is 0 Å². The highest BCUT2D eigenvalue weighted by Gasteiger charge is 2.38. The third-order valence-corrected chi connectivity index (χ3v) is 5.89. The summed E-state index contributed by atoms with van der Waals surface area (Å²) in [6.07, 6.45) is 9.31. The molecule has 1 aliphatic rings. The van der Waals surface area contributed by atoms with Crippen molar-refractivity contribution in [2.24, 2.45) is 0 Å². The third kappa shape index (κ3) is 3.34. The Bertz CT molecular complexity index is 1280. The molecule has 1 fully saturated rings. The number of amides is 1. The Balaban J connectivity index is 1.51. The number of fused-ring (bicyclic) bond motifs is 2. The van der Waals surface area contributed by atoms with Crippen LogP contribution in [0.5, 0.6) is 0 Å². The maximum absolute atomic E-state index is 13.0. The Labute approximate surface area is 178 Å². The first-order chi connectivity index (χ1) is 15.0. The van der Waals surface area contributed by atoms with Gasteiger partial charge in [-0.15, -0.1) is 0 Å². The first-order valence-corrected chi connectivity index (χ1v) is 10.2. The molecule has 0 saturated heterocycles. The smallest absolute Gasteiger partial charge is 0.257 e. The van der Waals surface area contributed by atoms with Crippen molar-refractivity contribution in [2.75, 3.05) is 17.7 Å². The van der Waals surface area contributed by atoms with Crippen LogP contribution in [-0.4, -0.2) is 53.7 Å². The summed E-state index contributed by atoms with van der Waals surface area (Å²) in [7, 11) is 1.78. The van der Waals surface area contributed by atoms with Crippen molar-refractivity contribution in [1.82, 2.24) is 29.3 Å². The molecule has 4 heterocycles. The van der Waals surface area contributed by atoms with Gasteiger partial charge in [0, 0.05) is 31.7 Å². The molecule has 1 saturated carbocycles. The van der Waals surface area contributed by atoms with E-state index in [-0.39, 0.29) is 11.9 Å². The number of anilines is 3. The summed E-state index contributed by atoms with van der Waals surface area (Å²) in [5.41, 5.74) is 1.42. The molecule has 5 rings (SSSR count). The summed E-state index contributed by atoms with van der Waals surface area (Å²) in [4.78, 5) is 22.0. The minimum absolute atomic E-state index is 0.293. The number of hydrogen-bond donors (Lipinski definition) is 4. The first-order valence-electron chi connectivity index (χ1n) is 10.2. The molecule has 4 aromatic rings. The van der Waals surface area contributed by atoms with E-state index in [9.17, 15) is 9.90 Å². The van der Waals surface area contributed by atoms with Crippen LogP contribution in [0.1, 0.15) is 36.5 Å². The molecule has 0 spiro atoms. The van der Waals surface area contributed by atoms with Crippen molar-refractivity contribution in [3.05, 3.63) is 48.5 Å². The summed E-state index contributed by atoms with van der Waals surface area (Å²) in [5.74, 6) is 0.925. The van der Waals surface area contributed by atoms with Gasteiger partial charge in [0.15, 0.2) is 11.3 Å². The Morgan fingerprint density at radius 1 is 1.32 bits per heavy atom. The summed E-state index contributed by atoms with van der Waals surface area (Å²) >= 11 is 0. The van der Waals surface area contributed by atoms with E-state index in [1.54, 1.807) is 24.7 Å². The third-order valence-electron chi connectivity index (χ3n) is 5.89. The largest absolute Gasteiger partial charge is 0.388 e. The fourth-order valence-electron chi connectivity index (χ4n) is 4.16. The summed E-state index contributed by atoms with van der Waals surface area (Å²) < 4.78 is 3.49. The summed E-state index contributed by atoms with van der Waals surface area (Å²) in [6.45, 7) is 1.76. The Morgan fingerprint density at radius 3 is 2.97 bits per heavy atom. The molecule has 0 aromatic carbocycles. The van der Waals surface area contributed by atoms with E-state index in [0.29, 0.717) is 29.3 Å². The van der Waals surface area contributed by atoms with E-state index in [0.717, 1.165) is 24.2 Å². The van der Waals surface area contributed by atoms with Crippen molar-refractivity contribution in [1.29, 1.82) is 0 Å². The number of carbonyl (C=O) groups is 1. The molecular weight excluding hydrogens is 396 g/mol. The molecule has 31 heavy (non-hydrogen) atoms. The van der Waals surface area contributed by atoms with Crippen LogP contribution in [0, 0.1) is 0 Å². The van der Waals surface area contributed by atoms with Gasteiger partial charge >= 0.3 is 0 Å². The molecule has 1 amide bonds. The average Bonchev–Trinajstić information content (AvgIpc) is 3.46. The number of pyridine rings is 1. The molecule has 2 atom stereocenters. The van der Waals surface area contributed by atoms with Crippen molar-refractivity contribution in [2.45, 2.75) is 37.8 Å². The number of imidazole rings is 1. The van der Waals surface area contributed by atoms with E-state index in [1.807, 2.05) is 35.0 Å². The molecule has 160 valence electrons. The molecule has 4 N–H and O–H groups in total. The van der Waals surface area contributed by atoms with E-state index in [4.69, 9.17) is 0 Å². The van der Waals surface area contributed by atoms with E-state index in [1.165, 1.54) is 6.20 Å². The van der Waals surface area contributed by atoms with Gasteiger partial charge in [0.05, 0.1) is 23.5 Å². The lowest BCUT2D eigenvalue weighted by molar-refractivity contribution is 0.0368. The standard InChI is InChI=1S/C21H24N8O2/c1-21(31)7-3-6-15(21)26-20(30)13-12-24-29-17(22-2)11-16(27-18(13)29)25-14-5-4-9-28-10-8-23-19(14)28/h4-5,8-12,15,22,31H,3,6-7H2,1-2H3,(H,25,27)(H,26,30)/t15-,21-/m1/s1. The van der Waals surface area contributed by atoms with Gasteiger partial charge < -0.3 is 25.5 Å². The topological polar surface area (TPSA) is 121 Å². The van der Waals surface area contributed by atoms with Gasteiger partial charge in [-0.2, -0.15) is 9.61 Å². The molecule has 0 bridgehead atoms. The number of nitrogens with zero attached hydrogens (tertiary/aromatic N) is 5. The second-order valence-corrected chi connectivity index (χ2v) is 8.05. The number of aliphatic hydroxyl groups is 1. The fraction of sp³-hybridized carbons (Fsp3) is 0.333. The highest BCUT2D eigenvalue weighted by molar-refractivity contribution is 6.00. The zero-order valence-corrected chi connectivity index (χ0v) is 17.3. The zero-order valence-electron chi connectivity index (χ0n) is 17.3. The molecule has 0 aliphatic heterocycles. The highest BCUT2D eigenvalue weighted by Crippen LogP contribution is 2.30. The van der Waals surface area contributed by atoms with Gasteiger partial charge in [-0.1, -0.05) is 0 Å². The van der Waals surface area contributed by atoms with Crippen molar-refractivity contribution < 1.29 is 9.90 Å². The van der Waals surface area contributed by atoms with Gasteiger partial charge in [0.25, 0.3) is 5.91 Å². The lowest BCUT2D eigenvalue weighted by Gasteiger charge is -2.26. The zero-order chi connectivity index (χ0) is 21.6. The minimum atomic E-state index is -0.905. The van der Waals surface area contributed by atoms with Crippen molar-refractivity contribution >= 4 is 34.5 Å². The Hall–Kier alpha value is -3.66. The number of hydrogen-bond acceptors (Lipinski definition) is 7. The highest BCUT2D eigenvalue weighted by atomic mass is 16.3. The van der Waals surface area contributed by atoms with Gasteiger partial charge in [0.2, 0.25) is 0 Å². The number of aromatic nitrogens is 5. The van der Waals surface area contributed by atoms with Crippen LogP contribution in [0.3, 0.4) is 0 Å². The normalized spacial score (nSPS) is 20.9. The number of nitrogens with one attached hydrogen (secondary N) is 3. The SMILES string of the molecule is CNc1cc(Nc2cccn3ccnc23)nc2c(C(=O)N[C@@H]3CCC[C@@]3(C)O)cnn12. The molecular formula is C21H24N8O2. The summed E-state index contributed by atoms with van der Waals surface area (Å²) in [5, 5.41) is 24.2. The minimum Gasteiger partial charge on any atom is -0.388 e. The molecule has 10 heteroatoms. The predicted octanol–water partition coefficient (Wildman–Crippen LogP) is 2.20. The average molecular weight is 420 g/mol. The van der Waals surface area contributed by atoms with Gasteiger partial charge in [0.1, 0.15) is 17.2 Å². The van der Waals surface area contributed by atoms with Gasteiger partial charge in [-0.3, -0.25) is 4.79 Å². The first kappa shape index (κ1) is 19.3. The maximum atomic E-state index is 13.0. The quantitative estimate of drug-likeness (QED) is 0.391. The number of rotatable bonds is 5. The van der Waals surface area contributed by atoms with Crippen LogP contribution in [0.15, 0.2) is 43.0 Å². The lowest BCUT2D eigenvalue weighted by Crippen LogP contribution is -2.47. The van der Waals surface area contributed by atoms with Crippen LogP contribution in [-0.2, 0) is 0 Å². The van der Waals surface area contributed by atoms with E-state index in [2.05, 4.69) is 31.0 Å². The maximum Gasteiger partial charge on any atom is 0.257 e. The Morgan fingerprint density at radius 2 is 2.19 bits per heavy atom. The number of carbonyl (C=O) groups excluding carboxylic acids is 1. The second-order valence-electron chi connectivity index (χ2n) is 8.05. The molecule has 1 aliphatic carbocycles. The van der Waals surface area contributed by atoms with Crippen LogP contribution < -0.4 is 16.0 Å². The van der Waals surface area contributed by atoms with Crippen molar-refractivity contribution in [3.8, 4) is 0 Å². The monoisotopic (exact) mass is 420 g/mol. The van der Waals surface area contributed by atoms with Gasteiger partial charge in [-0.05, 0) is 38.3 Å². The van der Waals surface area contributed by atoms with Crippen LogP contribution in [0.4, 0.5) is 17.3 Å². The van der Waals surface area contributed by atoms with Crippen LogP contribution >= 0.6 is 0 Å². The fourth-order valence-corrected chi connectivity index (χ4v) is 4.16. The molecule has 0 radical (unpaired) electrons. The van der Waals surface area contributed by atoms with E-state index < -0.39 is 5.60 Å². The predicted molar refractivity (Wildman–Crippen MR) is 117 cm³/mol. The molecule has 10 nitrogen and oxygen atoms in total. The molecule has 4 aromatic heterocycles. The van der Waals surface area contributed by atoms with E-state index >= 15 is 0 Å². The summed E-state index contributed by atoms with van der Waals surface area (Å²) in [6, 6.07) is 5.35. The Kier molecular flexibility index (Phi) is 4.51. The van der Waals surface area contributed by atoms with Crippen molar-refractivity contribution in [3.63, 3.8) is 0 Å². The van der Waals surface area contributed by atoms with Gasteiger partial charge in [-0.25, -0.2) is 9.97 Å². The van der Waals surface area contributed by atoms with Crippen LogP contribution in [0.25, 0.3) is 11.3 Å².